The molecule has 1 unspecified atom stereocenters. The zero-order valence-electron chi connectivity index (χ0n) is 9.41. The first-order valence-corrected chi connectivity index (χ1v) is 6.90. The van der Waals surface area contributed by atoms with Gasteiger partial charge in [-0.2, -0.15) is 0 Å². The Morgan fingerprint density at radius 2 is 1.83 bits per heavy atom. The molecular weight excluding hydrogens is 366 g/mol. The van der Waals surface area contributed by atoms with Crippen molar-refractivity contribution in [1.82, 2.24) is 0 Å². The first-order chi connectivity index (χ1) is 8.58. The standard InChI is InChI=1S/C14H11ClFIO/c15-14-11(2-1-3-12(14)16)13(18)8-9-4-6-10(17)7-5-9/h1-7,13,18H,8H2. The third-order valence-corrected chi connectivity index (χ3v) is 3.80. The quantitative estimate of drug-likeness (QED) is 0.789. The van der Waals surface area contributed by atoms with Crippen LogP contribution in [0.2, 0.25) is 5.02 Å². The fraction of sp³-hybridized carbons (Fsp3) is 0.143. The van der Waals surface area contributed by atoms with Crippen LogP contribution in [-0.2, 0) is 6.42 Å². The summed E-state index contributed by atoms with van der Waals surface area (Å²) in [6.07, 6.45) is -0.381. The molecule has 0 amide bonds. The van der Waals surface area contributed by atoms with Gasteiger partial charge in [0.05, 0.1) is 11.1 Å². The summed E-state index contributed by atoms with van der Waals surface area (Å²) in [4.78, 5) is 0. The van der Waals surface area contributed by atoms with Gasteiger partial charge >= 0.3 is 0 Å². The molecule has 1 N–H and O–H groups in total. The molecule has 94 valence electrons. The third-order valence-electron chi connectivity index (χ3n) is 2.68. The maximum absolute atomic E-state index is 13.3. The van der Waals surface area contributed by atoms with Gasteiger partial charge in [-0.3, -0.25) is 0 Å². The summed E-state index contributed by atoms with van der Waals surface area (Å²) in [5, 5.41) is 10.1. The molecule has 0 aromatic heterocycles. The molecule has 0 aliphatic carbocycles. The van der Waals surface area contributed by atoms with Crippen molar-refractivity contribution in [3.63, 3.8) is 0 Å². The summed E-state index contributed by atoms with van der Waals surface area (Å²) in [5.74, 6) is -0.504. The van der Waals surface area contributed by atoms with Gasteiger partial charge in [-0.1, -0.05) is 35.9 Å². The lowest BCUT2D eigenvalue weighted by atomic mass is 10.0. The monoisotopic (exact) mass is 376 g/mol. The number of hydrogen-bond acceptors (Lipinski definition) is 1. The first-order valence-electron chi connectivity index (χ1n) is 5.44. The lowest BCUT2D eigenvalue weighted by Crippen LogP contribution is -2.03. The Morgan fingerprint density at radius 1 is 1.17 bits per heavy atom. The largest absolute Gasteiger partial charge is 0.388 e. The van der Waals surface area contributed by atoms with Crippen LogP contribution in [0.15, 0.2) is 42.5 Å². The second kappa shape index (κ2) is 5.99. The minimum absolute atomic E-state index is 0.00416. The van der Waals surface area contributed by atoms with Crippen molar-refractivity contribution in [3.8, 4) is 0 Å². The summed E-state index contributed by atoms with van der Waals surface area (Å²) in [6.45, 7) is 0. The van der Waals surface area contributed by atoms with Gasteiger partial charge in [0.15, 0.2) is 0 Å². The van der Waals surface area contributed by atoms with Crippen molar-refractivity contribution in [2.75, 3.05) is 0 Å². The number of aliphatic hydroxyl groups excluding tert-OH is 1. The lowest BCUT2D eigenvalue weighted by molar-refractivity contribution is 0.178. The minimum Gasteiger partial charge on any atom is -0.388 e. The molecule has 0 fully saturated rings. The van der Waals surface area contributed by atoms with Crippen LogP contribution in [0.5, 0.6) is 0 Å². The van der Waals surface area contributed by atoms with Gasteiger partial charge in [-0.25, -0.2) is 4.39 Å². The molecule has 0 saturated heterocycles. The highest BCUT2D eigenvalue weighted by Gasteiger charge is 2.14. The normalized spacial score (nSPS) is 12.4. The van der Waals surface area contributed by atoms with Crippen molar-refractivity contribution in [2.45, 2.75) is 12.5 Å². The molecule has 0 bridgehead atoms. The topological polar surface area (TPSA) is 20.2 Å². The molecule has 2 aromatic rings. The first kappa shape index (κ1) is 13.8. The zero-order valence-corrected chi connectivity index (χ0v) is 12.3. The molecule has 0 spiro atoms. The smallest absolute Gasteiger partial charge is 0.142 e. The molecule has 18 heavy (non-hydrogen) atoms. The minimum atomic E-state index is -0.798. The molecule has 0 saturated carbocycles. The molecule has 4 heteroatoms. The van der Waals surface area contributed by atoms with E-state index in [1.54, 1.807) is 12.1 Å². The van der Waals surface area contributed by atoms with Crippen LogP contribution in [-0.4, -0.2) is 5.11 Å². The maximum atomic E-state index is 13.3. The Labute approximate surface area is 124 Å². The second-order valence-corrected chi connectivity index (χ2v) is 5.61. The van der Waals surface area contributed by atoms with E-state index >= 15 is 0 Å². The Bertz CT molecular complexity index is 542. The van der Waals surface area contributed by atoms with E-state index < -0.39 is 11.9 Å². The SMILES string of the molecule is OC(Cc1ccc(I)cc1)c1cccc(F)c1Cl. The van der Waals surface area contributed by atoms with Gasteiger partial charge in [0, 0.05) is 15.6 Å². The second-order valence-electron chi connectivity index (χ2n) is 3.99. The molecule has 0 aliphatic rings. The van der Waals surface area contributed by atoms with Gasteiger partial charge in [-0.15, -0.1) is 0 Å². The number of hydrogen-bond donors (Lipinski definition) is 1. The van der Waals surface area contributed by atoms with Gasteiger partial charge in [-0.05, 0) is 46.4 Å². The zero-order chi connectivity index (χ0) is 13.1. The van der Waals surface area contributed by atoms with Gasteiger partial charge in [0.25, 0.3) is 0 Å². The highest BCUT2D eigenvalue weighted by Crippen LogP contribution is 2.27. The number of aliphatic hydroxyl groups is 1. The number of benzene rings is 2. The van der Waals surface area contributed by atoms with Crippen LogP contribution >= 0.6 is 34.2 Å². The summed E-state index contributed by atoms with van der Waals surface area (Å²) >= 11 is 8.06. The molecular formula is C14H11ClFIO. The van der Waals surface area contributed by atoms with Gasteiger partial charge in [0.1, 0.15) is 5.82 Å². The Balaban J connectivity index is 2.19. The van der Waals surface area contributed by atoms with Crippen molar-refractivity contribution in [2.24, 2.45) is 0 Å². The Kier molecular flexibility index (Phi) is 4.59. The lowest BCUT2D eigenvalue weighted by Gasteiger charge is -2.13. The molecule has 2 rings (SSSR count). The number of halogens is 3. The van der Waals surface area contributed by atoms with E-state index in [2.05, 4.69) is 22.6 Å². The number of rotatable bonds is 3. The van der Waals surface area contributed by atoms with E-state index in [9.17, 15) is 9.50 Å². The predicted octanol–water partition coefficient (Wildman–Crippen LogP) is 4.36. The fourth-order valence-electron chi connectivity index (χ4n) is 1.73. The Hall–Kier alpha value is -0.650. The maximum Gasteiger partial charge on any atom is 0.142 e. The van der Waals surface area contributed by atoms with Crippen molar-refractivity contribution in [1.29, 1.82) is 0 Å². The molecule has 0 radical (unpaired) electrons. The third kappa shape index (κ3) is 3.22. The average Bonchev–Trinajstić information content (AvgIpc) is 2.35. The van der Waals surface area contributed by atoms with Crippen molar-refractivity contribution >= 4 is 34.2 Å². The van der Waals surface area contributed by atoms with E-state index in [1.165, 1.54) is 6.07 Å². The highest BCUT2D eigenvalue weighted by molar-refractivity contribution is 14.1. The van der Waals surface area contributed by atoms with E-state index in [0.717, 1.165) is 9.13 Å². The van der Waals surface area contributed by atoms with Crippen LogP contribution in [0.25, 0.3) is 0 Å². The van der Waals surface area contributed by atoms with E-state index in [-0.39, 0.29) is 5.02 Å². The van der Waals surface area contributed by atoms with E-state index in [0.29, 0.717) is 12.0 Å². The summed E-state index contributed by atoms with van der Waals surface area (Å²) in [6, 6.07) is 12.3. The van der Waals surface area contributed by atoms with Crippen LogP contribution in [0.4, 0.5) is 4.39 Å². The van der Waals surface area contributed by atoms with Crippen LogP contribution in [0.1, 0.15) is 17.2 Å². The van der Waals surface area contributed by atoms with Gasteiger partial charge < -0.3 is 5.11 Å². The fourth-order valence-corrected chi connectivity index (χ4v) is 2.34. The van der Waals surface area contributed by atoms with Crippen LogP contribution in [0.3, 0.4) is 0 Å². The summed E-state index contributed by atoms with van der Waals surface area (Å²) in [7, 11) is 0. The van der Waals surface area contributed by atoms with Crippen LogP contribution < -0.4 is 0 Å². The molecule has 1 atom stereocenters. The van der Waals surface area contributed by atoms with Crippen LogP contribution in [0, 0.1) is 9.39 Å². The molecule has 2 aromatic carbocycles. The van der Waals surface area contributed by atoms with E-state index in [4.69, 9.17) is 11.6 Å². The Morgan fingerprint density at radius 3 is 2.50 bits per heavy atom. The predicted molar refractivity (Wildman–Crippen MR) is 79.2 cm³/mol. The summed E-state index contributed by atoms with van der Waals surface area (Å²) in [5.41, 5.74) is 1.42. The molecule has 1 nitrogen and oxygen atoms in total. The van der Waals surface area contributed by atoms with E-state index in [1.807, 2.05) is 24.3 Å². The van der Waals surface area contributed by atoms with Crippen molar-refractivity contribution in [3.05, 3.63) is 68.0 Å². The molecule has 0 heterocycles. The summed E-state index contributed by atoms with van der Waals surface area (Å²) < 4.78 is 14.4. The van der Waals surface area contributed by atoms with Crippen molar-refractivity contribution < 1.29 is 9.50 Å². The highest BCUT2D eigenvalue weighted by atomic mass is 127. The van der Waals surface area contributed by atoms with Gasteiger partial charge in [0.2, 0.25) is 0 Å². The molecule has 0 aliphatic heterocycles. The average molecular weight is 377 g/mol.